The van der Waals surface area contributed by atoms with Gasteiger partial charge in [0.25, 0.3) is 0 Å². The molecule has 1 aliphatic heterocycles. The maximum absolute atomic E-state index is 5.87. The number of nitrogens with one attached hydrogen (secondary N) is 1. The third kappa shape index (κ3) is 2.26. The van der Waals surface area contributed by atoms with Gasteiger partial charge in [-0.1, -0.05) is 12.7 Å². The van der Waals surface area contributed by atoms with Crippen molar-refractivity contribution >= 4 is 7.12 Å². The highest BCUT2D eigenvalue weighted by molar-refractivity contribution is 6.54. The van der Waals surface area contributed by atoms with E-state index in [0.717, 1.165) is 5.60 Å². The van der Waals surface area contributed by atoms with Crippen molar-refractivity contribution in [2.75, 3.05) is 7.05 Å². The van der Waals surface area contributed by atoms with E-state index in [1.165, 1.54) is 0 Å². The van der Waals surface area contributed by atoms with Gasteiger partial charge in [-0.05, 0) is 33.8 Å². The Morgan fingerprint density at radius 3 is 2.00 bits per heavy atom. The van der Waals surface area contributed by atoms with Crippen molar-refractivity contribution in [3.05, 3.63) is 24.3 Å². The summed E-state index contributed by atoms with van der Waals surface area (Å²) in [4.78, 5) is 0. The lowest BCUT2D eigenvalue weighted by Gasteiger charge is -2.32. The minimum Gasteiger partial charge on any atom is -0.398 e. The average Bonchev–Trinajstić information content (AvgIpc) is 2.32. The fourth-order valence-corrected chi connectivity index (χ4v) is 1.38. The molecule has 0 saturated carbocycles. The molecule has 84 valence electrons. The summed E-state index contributed by atoms with van der Waals surface area (Å²) in [5.74, 6) is 0. The first kappa shape index (κ1) is 12.3. The normalized spacial score (nSPS) is 24.1. The van der Waals surface area contributed by atoms with Gasteiger partial charge >= 0.3 is 7.12 Å². The maximum Gasteiger partial charge on any atom is 0.511 e. The molecule has 1 saturated heterocycles. The van der Waals surface area contributed by atoms with Gasteiger partial charge in [-0.3, -0.25) is 0 Å². The van der Waals surface area contributed by atoms with Gasteiger partial charge in [-0.2, -0.15) is 0 Å². The summed E-state index contributed by atoms with van der Waals surface area (Å²) in [7, 11) is 1.51. The van der Waals surface area contributed by atoms with E-state index in [1.54, 1.807) is 6.08 Å². The predicted octanol–water partition coefficient (Wildman–Crippen LogP) is 1.91. The van der Waals surface area contributed by atoms with Crippen LogP contribution in [0.25, 0.3) is 0 Å². The summed E-state index contributed by atoms with van der Waals surface area (Å²) in [5.41, 5.74) is 0.299. The number of hydrogen-bond donors (Lipinski definition) is 1. The fraction of sp³-hybridized carbons (Fsp3) is 0.636. The molecule has 0 atom stereocenters. The van der Waals surface area contributed by atoms with E-state index in [9.17, 15) is 0 Å². The molecule has 0 aromatic rings. The van der Waals surface area contributed by atoms with Crippen LogP contribution in [0.3, 0.4) is 0 Å². The quantitative estimate of drug-likeness (QED) is 0.568. The summed E-state index contributed by atoms with van der Waals surface area (Å²) in [6.45, 7) is 11.8. The van der Waals surface area contributed by atoms with E-state index in [-0.39, 0.29) is 18.3 Å². The summed E-state index contributed by atoms with van der Waals surface area (Å²) >= 11 is 0. The number of hydrogen-bond acceptors (Lipinski definition) is 3. The van der Waals surface area contributed by atoms with Crippen LogP contribution in [-0.4, -0.2) is 25.4 Å². The second-order valence-corrected chi connectivity index (χ2v) is 4.70. The van der Waals surface area contributed by atoms with Crippen LogP contribution in [-0.2, 0) is 9.31 Å². The van der Waals surface area contributed by atoms with Gasteiger partial charge in [0, 0.05) is 12.6 Å². The topological polar surface area (TPSA) is 30.5 Å². The zero-order valence-electron chi connectivity index (χ0n) is 10.3. The molecule has 4 heteroatoms. The van der Waals surface area contributed by atoms with Gasteiger partial charge in [0.05, 0.1) is 11.2 Å². The molecule has 1 heterocycles. The van der Waals surface area contributed by atoms with Crippen molar-refractivity contribution < 1.29 is 9.31 Å². The SMILES string of the molecule is C=C/C=C(\NC)B1OC(C)(C)C(C)(C)O1. The Hall–Kier alpha value is -0.735. The molecule has 1 fully saturated rings. The number of rotatable bonds is 3. The van der Waals surface area contributed by atoms with E-state index in [0.29, 0.717) is 0 Å². The van der Waals surface area contributed by atoms with Crippen molar-refractivity contribution in [1.29, 1.82) is 0 Å². The summed E-state index contributed by atoms with van der Waals surface area (Å²) < 4.78 is 11.7. The van der Waals surface area contributed by atoms with Gasteiger partial charge in [-0.25, -0.2) is 0 Å². The highest BCUT2D eigenvalue weighted by atomic mass is 16.7. The lowest BCUT2D eigenvalue weighted by molar-refractivity contribution is 0.00578. The molecule has 15 heavy (non-hydrogen) atoms. The van der Waals surface area contributed by atoms with E-state index in [2.05, 4.69) is 11.9 Å². The molecule has 0 spiro atoms. The largest absolute Gasteiger partial charge is 0.511 e. The zero-order chi connectivity index (χ0) is 11.7. The van der Waals surface area contributed by atoms with Gasteiger partial charge in [-0.15, -0.1) is 0 Å². The van der Waals surface area contributed by atoms with Gasteiger partial charge in [0.2, 0.25) is 0 Å². The van der Waals surface area contributed by atoms with Crippen molar-refractivity contribution in [1.82, 2.24) is 5.32 Å². The van der Waals surface area contributed by atoms with Crippen molar-refractivity contribution in [3.63, 3.8) is 0 Å². The predicted molar refractivity (Wildman–Crippen MR) is 63.4 cm³/mol. The van der Waals surface area contributed by atoms with Crippen LogP contribution in [0, 0.1) is 0 Å². The van der Waals surface area contributed by atoms with Crippen LogP contribution in [0.5, 0.6) is 0 Å². The van der Waals surface area contributed by atoms with E-state index >= 15 is 0 Å². The van der Waals surface area contributed by atoms with E-state index in [4.69, 9.17) is 9.31 Å². The molecule has 0 bridgehead atoms. The van der Waals surface area contributed by atoms with Crippen molar-refractivity contribution in [2.45, 2.75) is 38.9 Å². The second kappa shape index (κ2) is 4.03. The fourth-order valence-electron chi connectivity index (χ4n) is 1.38. The molecular weight excluding hydrogens is 189 g/mol. The minimum atomic E-state index is -0.335. The molecule has 1 aliphatic rings. The molecule has 0 aromatic heterocycles. The van der Waals surface area contributed by atoms with Crippen LogP contribution >= 0.6 is 0 Å². The summed E-state index contributed by atoms with van der Waals surface area (Å²) in [5, 5.41) is 3.06. The van der Waals surface area contributed by atoms with Crippen molar-refractivity contribution in [2.24, 2.45) is 0 Å². The van der Waals surface area contributed by atoms with Crippen LogP contribution in [0.1, 0.15) is 27.7 Å². The molecule has 0 radical (unpaired) electrons. The van der Waals surface area contributed by atoms with Crippen LogP contribution in [0.15, 0.2) is 24.3 Å². The second-order valence-electron chi connectivity index (χ2n) is 4.70. The third-order valence-electron chi connectivity index (χ3n) is 3.09. The highest BCUT2D eigenvalue weighted by Crippen LogP contribution is 2.37. The molecule has 1 N–H and O–H groups in total. The van der Waals surface area contributed by atoms with Crippen molar-refractivity contribution in [3.8, 4) is 0 Å². The molecule has 0 aliphatic carbocycles. The molecule has 0 aromatic carbocycles. The first-order valence-electron chi connectivity index (χ1n) is 5.20. The number of allylic oxidation sites excluding steroid dienone is 2. The Labute approximate surface area is 92.7 Å². The Bertz CT molecular complexity index is 268. The lowest BCUT2D eigenvalue weighted by atomic mass is 9.84. The maximum atomic E-state index is 5.87. The lowest BCUT2D eigenvalue weighted by Crippen LogP contribution is -2.41. The minimum absolute atomic E-state index is 0.297. The van der Waals surface area contributed by atoms with Crippen LogP contribution in [0.4, 0.5) is 0 Å². The van der Waals surface area contributed by atoms with Gasteiger partial charge < -0.3 is 14.6 Å². The van der Waals surface area contributed by atoms with Gasteiger partial charge in [0.15, 0.2) is 0 Å². The van der Waals surface area contributed by atoms with Crippen LogP contribution in [0.2, 0.25) is 0 Å². The Kier molecular flexibility index (Phi) is 3.31. The summed E-state index contributed by atoms with van der Waals surface area (Å²) in [6.07, 6.45) is 3.58. The molecule has 0 unspecified atom stereocenters. The standard InChI is InChI=1S/C11H20BNO2/c1-7-8-9(13-6)12-14-10(2,3)11(4,5)15-12/h7-8,13H,1H2,2-6H3/b9-8-. The van der Waals surface area contributed by atoms with E-state index in [1.807, 2.05) is 40.8 Å². The smallest absolute Gasteiger partial charge is 0.398 e. The average molecular weight is 209 g/mol. The molecule has 1 rings (SSSR count). The Morgan fingerprint density at radius 1 is 1.20 bits per heavy atom. The van der Waals surface area contributed by atoms with E-state index < -0.39 is 0 Å². The molecule has 3 nitrogen and oxygen atoms in total. The third-order valence-corrected chi connectivity index (χ3v) is 3.09. The molecule has 0 amide bonds. The van der Waals surface area contributed by atoms with Crippen LogP contribution < -0.4 is 5.32 Å². The Morgan fingerprint density at radius 2 is 1.67 bits per heavy atom. The summed E-state index contributed by atoms with van der Waals surface area (Å²) in [6, 6.07) is 0. The highest BCUT2D eigenvalue weighted by Gasteiger charge is 2.52. The monoisotopic (exact) mass is 209 g/mol. The zero-order valence-corrected chi connectivity index (χ0v) is 10.3. The van der Waals surface area contributed by atoms with Gasteiger partial charge in [0.1, 0.15) is 0 Å². The Balaban J connectivity index is 2.86. The first-order chi connectivity index (χ1) is 6.84. The first-order valence-corrected chi connectivity index (χ1v) is 5.20. The molecular formula is C11H20BNO2.